The summed E-state index contributed by atoms with van der Waals surface area (Å²) in [7, 11) is 1.80. The van der Waals surface area contributed by atoms with Gasteiger partial charge in [0.05, 0.1) is 6.04 Å². The van der Waals surface area contributed by atoms with E-state index in [1.165, 1.54) is 0 Å². The molecule has 0 radical (unpaired) electrons. The Morgan fingerprint density at radius 1 is 1.25 bits per heavy atom. The average molecular weight is 374 g/mol. The zero-order chi connectivity index (χ0) is 19.7. The van der Waals surface area contributed by atoms with E-state index in [1.54, 1.807) is 30.3 Å². The van der Waals surface area contributed by atoms with Gasteiger partial charge < -0.3 is 15.2 Å². The molecule has 6 nitrogen and oxygen atoms in total. The van der Waals surface area contributed by atoms with Crippen LogP contribution in [0.3, 0.4) is 0 Å². The summed E-state index contributed by atoms with van der Waals surface area (Å²) >= 11 is 0. The fourth-order valence-electron chi connectivity index (χ4n) is 3.39. The van der Waals surface area contributed by atoms with Crippen LogP contribution in [0.25, 0.3) is 17.0 Å². The number of nitrogens with zero attached hydrogens (tertiary/aromatic N) is 2. The lowest BCUT2D eigenvalue weighted by molar-refractivity contribution is -0.126. The summed E-state index contributed by atoms with van der Waals surface area (Å²) in [4.78, 5) is 33.3. The highest BCUT2D eigenvalue weighted by atomic mass is 16.2. The molecule has 0 spiro atoms. The van der Waals surface area contributed by atoms with Gasteiger partial charge >= 0.3 is 0 Å². The molecule has 0 saturated heterocycles. The molecule has 4 rings (SSSR count). The Hall–Kier alpha value is -3.41. The second-order valence-electron chi connectivity index (χ2n) is 7.11. The van der Waals surface area contributed by atoms with Crippen molar-refractivity contribution in [2.45, 2.75) is 25.8 Å². The van der Waals surface area contributed by atoms with Crippen molar-refractivity contribution >= 4 is 34.6 Å². The lowest BCUT2D eigenvalue weighted by atomic mass is 10.0. The Morgan fingerprint density at radius 2 is 2.11 bits per heavy atom. The summed E-state index contributed by atoms with van der Waals surface area (Å²) in [6.07, 6.45) is 8.04. The van der Waals surface area contributed by atoms with Crippen molar-refractivity contribution in [3.05, 3.63) is 65.5 Å². The van der Waals surface area contributed by atoms with Crippen LogP contribution in [0.5, 0.6) is 0 Å². The number of likely N-dealkylation sites (N-methyl/N-ethyl adjacent to an activating group) is 1. The van der Waals surface area contributed by atoms with Crippen LogP contribution in [0.15, 0.2) is 48.8 Å². The number of aromatic amines is 1. The summed E-state index contributed by atoms with van der Waals surface area (Å²) in [5.41, 5.74) is 3.98. The summed E-state index contributed by atoms with van der Waals surface area (Å²) in [6, 6.07) is 10.1. The average Bonchev–Trinajstić information content (AvgIpc) is 3.18. The number of aryl methyl sites for hydroxylation is 1. The summed E-state index contributed by atoms with van der Waals surface area (Å²) in [5.74, 6) is 0.530. The number of H-pyrrole nitrogens is 1. The first-order valence-corrected chi connectivity index (χ1v) is 9.32. The zero-order valence-electron chi connectivity index (χ0n) is 15.9. The van der Waals surface area contributed by atoms with Crippen LogP contribution in [-0.4, -0.2) is 33.7 Å². The van der Waals surface area contributed by atoms with E-state index >= 15 is 0 Å². The third kappa shape index (κ3) is 3.53. The summed E-state index contributed by atoms with van der Waals surface area (Å²) in [5, 5.41) is 3.92. The van der Waals surface area contributed by atoms with Gasteiger partial charge in [-0.3, -0.25) is 9.59 Å². The molecule has 0 fully saturated rings. The van der Waals surface area contributed by atoms with E-state index in [2.05, 4.69) is 33.5 Å². The molecule has 1 unspecified atom stereocenters. The number of hydrogen-bond acceptors (Lipinski definition) is 3. The second kappa shape index (κ2) is 7.31. The third-order valence-corrected chi connectivity index (χ3v) is 5.28. The Morgan fingerprint density at radius 3 is 2.96 bits per heavy atom. The number of nitrogens with one attached hydrogen (secondary N) is 2. The van der Waals surface area contributed by atoms with E-state index in [0.717, 1.165) is 27.6 Å². The molecular formula is C22H22N4O2. The molecule has 28 heavy (non-hydrogen) atoms. The van der Waals surface area contributed by atoms with E-state index in [4.69, 9.17) is 0 Å². The van der Waals surface area contributed by atoms with Gasteiger partial charge in [-0.2, -0.15) is 0 Å². The van der Waals surface area contributed by atoms with Gasteiger partial charge in [0.1, 0.15) is 5.82 Å². The van der Waals surface area contributed by atoms with Crippen molar-refractivity contribution < 1.29 is 9.59 Å². The van der Waals surface area contributed by atoms with Crippen molar-refractivity contribution in [2.75, 3.05) is 12.4 Å². The molecular weight excluding hydrogens is 352 g/mol. The molecule has 1 atom stereocenters. The number of hydrogen-bond donors (Lipinski definition) is 2. The predicted octanol–water partition coefficient (Wildman–Crippen LogP) is 3.68. The van der Waals surface area contributed by atoms with Gasteiger partial charge in [-0.05, 0) is 59.7 Å². The number of amides is 2. The molecule has 6 heteroatoms. The Bertz CT molecular complexity index is 1080. The number of carbonyl (C=O) groups is 2. The first-order chi connectivity index (χ1) is 13.5. The van der Waals surface area contributed by atoms with Crippen LogP contribution in [0.1, 0.15) is 36.1 Å². The molecule has 2 amide bonds. The van der Waals surface area contributed by atoms with E-state index in [9.17, 15) is 9.59 Å². The normalized spacial score (nSPS) is 14.7. The Labute approximate surface area is 163 Å². The largest absolute Gasteiger partial charge is 0.361 e. The first kappa shape index (κ1) is 18.0. The standard InChI is InChI=1S/C22H22N4O2/c1-14(17-5-4-16-9-10-23-19(16)12-17)26(2)21(28)8-3-15-11-18-6-7-20(27)25-22(18)24-13-15/h3-5,8-14,23H,6-7H2,1-2H3,(H,24,25,27). The van der Waals surface area contributed by atoms with Crippen LogP contribution in [0.4, 0.5) is 5.82 Å². The minimum absolute atomic E-state index is 0.00776. The van der Waals surface area contributed by atoms with Gasteiger partial charge in [-0.15, -0.1) is 0 Å². The Balaban J connectivity index is 1.47. The van der Waals surface area contributed by atoms with E-state index in [-0.39, 0.29) is 17.9 Å². The van der Waals surface area contributed by atoms with E-state index < -0.39 is 0 Å². The number of benzene rings is 1. The Kier molecular flexibility index (Phi) is 4.69. The number of anilines is 1. The minimum atomic E-state index is -0.0786. The highest BCUT2D eigenvalue weighted by Crippen LogP contribution is 2.24. The van der Waals surface area contributed by atoms with Crippen LogP contribution in [0.2, 0.25) is 0 Å². The van der Waals surface area contributed by atoms with Crippen LogP contribution in [0, 0.1) is 0 Å². The maximum Gasteiger partial charge on any atom is 0.246 e. The fourth-order valence-corrected chi connectivity index (χ4v) is 3.39. The highest BCUT2D eigenvalue weighted by molar-refractivity contribution is 5.94. The van der Waals surface area contributed by atoms with E-state index in [1.807, 2.05) is 25.3 Å². The zero-order valence-corrected chi connectivity index (χ0v) is 15.9. The molecule has 1 aliphatic rings. The summed E-state index contributed by atoms with van der Waals surface area (Å²) < 4.78 is 0. The van der Waals surface area contributed by atoms with Crippen LogP contribution in [-0.2, 0) is 16.0 Å². The minimum Gasteiger partial charge on any atom is -0.361 e. The van der Waals surface area contributed by atoms with Gasteiger partial charge in [-0.1, -0.05) is 12.1 Å². The van der Waals surface area contributed by atoms with Gasteiger partial charge in [0.25, 0.3) is 0 Å². The number of pyridine rings is 1. The SMILES string of the molecule is CC(c1ccc2cc[nH]c2c1)N(C)C(=O)C=Cc1cnc2c(c1)CCC(=O)N2. The van der Waals surface area contributed by atoms with Gasteiger partial charge in [-0.25, -0.2) is 4.98 Å². The van der Waals surface area contributed by atoms with Crippen molar-refractivity contribution in [3.8, 4) is 0 Å². The first-order valence-electron chi connectivity index (χ1n) is 9.32. The predicted molar refractivity (Wildman–Crippen MR) is 110 cm³/mol. The maximum atomic E-state index is 12.6. The molecule has 2 aromatic heterocycles. The van der Waals surface area contributed by atoms with Gasteiger partial charge in [0, 0.05) is 37.5 Å². The third-order valence-electron chi connectivity index (χ3n) is 5.28. The van der Waals surface area contributed by atoms with Crippen molar-refractivity contribution in [1.82, 2.24) is 14.9 Å². The summed E-state index contributed by atoms with van der Waals surface area (Å²) in [6.45, 7) is 2.01. The van der Waals surface area contributed by atoms with Gasteiger partial charge in [0.2, 0.25) is 11.8 Å². The lowest BCUT2D eigenvalue weighted by Crippen LogP contribution is -2.27. The highest BCUT2D eigenvalue weighted by Gasteiger charge is 2.17. The molecule has 0 bridgehead atoms. The van der Waals surface area contributed by atoms with Gasteiger partial charge in [0.15, 0.2) is 0 Å². The molecule has 2 N–H and O–H groups in total. The maximum absolute atomic E-state index is 12.6. The van der Waals surface area contributed by atoms with E-state index in [0.29, 0.717) is 18.7 Å². The molecule has 142 valence electrons. The monoisotopic (exact) mass is 374 g/mol. The van der Waals surface area contributed by atoms with Crippen molar-refractivity contribution in [1.29, 1.82) is 0 Å². The second-order valence-corrected chi connectivity index (χ2v) is 7.11. The van der Waals surface area contributed by atoms with Crippen LogP contribution < -0.4 is 5.32 Å². The van der Waals surface area contributed by atoms with Crippen molar-refractivity contribution in [3.63, 3.8) is 0 Å². The quantitative estimate of drug-likeness (QED) is 0.684. The van der Waals surface area contributed by atoms with Crippen LogP contribution >= 0.6 is 0 Å². The number of carbonyl (C=O) groups excluding carboxylic acids is 2. The lowest BCUT2D eigenvalue weighted by Gasteiger charge is -2.24. The smallest absolute Gasteiger partial charge is 0.246 e. The fraction of sp³-hybridized carbons (Fsp3) is 0.227. The van der Waals surface area contributed by atoms with Crippen molar-refractivity contribution in [2.24, 2.45) is 0 Å². The molecule has 1 aliphatic heterocycles. The molecule has 0 aliphatic carbocycles. The topological polar surface area (TPSA) is 78.1 Å². The number of aromatic nitrogens is 2. The molecule has 3 heterocycles. The number of fused-ring (bicyclic) bond motifs is 2. The molecule has 0 saturated carbocycles. The molecule has 3 aromatic rings. The number of rotatable bonds is 4. The molecule has 1 aromatic carbocycles.